The largest absolute Gasteiger partial charge is 0.458 e. The van der Waals surface area contributed by atoms with Crippen LogP contribution in [0.2, 0.25) is 0 Å². The second-order valence-corrected chi connectivity index (χ2v) is 13.3. The normalized spacial score (nSPS) is 22.1. The Morgan fingerprint density at radius 2 is 1.52 bits per heavy atom. The summed E-state index contributed by atoms with van der Waals surface area (Å²) in [5, 5.41) is 2.26. The summed E-state index contributed by atoms with van der Waals surface area (Å²) in [6.07, 6.45) is -2.62. The number of imide groups is 1. The van der Waals surface area contributed by atoms with Gasteiger partial charge in [0.2, 0.25) is 0 Å². The van der Waals surface area contributed by atoms with Gasteiger partial charge < -0.3 is 23.7 Å². The summed E-state index contributed by atoms with van der Waals surface area (Å²) < 4.78 is 29.4. The van der Waals surface area contributed by atoms with Gasteiger partial charge in [-0.1, -0.05) is 56.3 Å². The zero-order valence-corrected chi connectivity index (χ0v) is 26.5. The smallest absolute Gasteiger partial charge is 0.420 e. The van der Waals surface area contributed by atoms with Crippen LogP contribution in [0.5, 0.6) is 0 Å². The van der Waals surface area contributed by atoms with Gasteiger partial charge in [0.1, 0.15) is 17.3 Å². The molecule has 0 aromatic heterocycles. The minimum atomic E-state index is -1.42. The van der Waals surface area contributed by atoms with Gasteiger partial charge in [-0.25, -0.2) is 14.4 Å². The predicted molar refractivity (Wildman–Crippen MR) is 160 cm³/mol. The Morgan fingerprint density at radius 3 is 2.12 bits per heavy atom. The number of ether oxygens (including phenoxy) is 5. The number of hydrogen-bond acceptors (Lipinski definition) is 8. The Kier molecular flexibility index (Phi) is 11.0. The van der Waals surface area contributed by atoms with E-state index in [1.54, 1.807) is 48.5 Å². The van der Waals surface area contributed by atoms with Crippen molar-refractivity contribution in [2.75, 3.05) is 19.8 Å². The molecule has 1 saturated heterocycles. The van der Waals surface area contributed by atoms with Crippen LogP contribution in [-0.4, -0.2) is 72.3 Å². The number of cyclic esters (lactones) is 1. The summed E-state index contributed by atoms with van der Waals surface area (Å²) in [6.45, 7) is 16.3. The van der Waals surface area contributed by atoms with E-state index in [1.807, 2.05) is 18.2 Å². The first kappa shape index (κ1) is 33.3. The van der Waals surface area contributed by atoms with Crippen molar-refractivity contribution >= 4 is 28.9 Å². The molecule has 0 radical (unpaired) electrons. The minimum Gasteiger partial charge on any atom is -0.458 e. The minimum absolute atomic E-state index is 0.187. The molecule has 1 aliphatic heterocycles. The molecular weight excluding hydrogens is 538 g/mol. The number of hydrogen-bond donors (Lipinski definition) is 0. The van der Waals surface area contributed by atoms with E-state index in [2.05, 4.69) is 38.1 Å². The van der Waals surface area contributed by atoms with Crippen molar-refractivity contribution in [1.29, 1.82) is 0 Å². The van der Waals surface area contributed by atoms with Crippen LogP contribution in [0.15, 0.2) is 42.5 Å². The molecule has 232 valence electrons. The Balaban J connectivity index is 1.96. The molecule has 9 heteroatoms. The number of benzene rings is 2. The van der Waals surface area contributed by atoms with Gasteiger partial charge in [-0.15, -0.1) is 0 Å². The highest BCUT2D eigenvalue weighted by atomic mass is 16.6. The van der Waals surface area contributed by atoms with E-state index in [-0.39, 0.29) is 25.0 Å². The second kappa shape index (κ2) is 13.9. The molecule has 1 heterocycles. The van der Waals surface area contributed by atoms with Gasteiger partial charge in [0.15, 0.2) is 6.04 Å². The van der Waals surface area contributed by atoms with Gasteiger partial charge in [-0.3, -0.25) is 0 Å². The molecule has 0 spiro atoms. The number of carbonyl (C=O) groups excluding carboxylic acids is 3. The lowest BCUT2D eigenvalue weighted by Gasteiger charge is -2.33. The summed E-state index contributed by atoms with van der Waals surface area (Å²) in [5.41, 5.74) is -0.723. The first-order valence-corrected chi connectivity index (χ1v) is 14.7. The highest BCUT2D eigenvalue weighted by molar-refractivity contribution is 5.94. The Morgan fingerprint density at radius 1 is 0.929 bits per heavy atom. The zero-order chi connectivity index (χ0) is 31.2. The molecule has 2 aromatic rings. The van der Waals surface area contributed by atoms with Crippen molar-refractivity contribution < 1.29 is 38.1 Å². The predicted octanol–water partition coefficient (Wildman–Crippen LogP) is 6.54. The van der Waals surface area contributed by atoms with E-state index in [9.17, 15) is 14.4 Å². The van der Waals surface area contributed by atoms with Gasteiger partial charge in [0, 0.05) is 12.5 Å². The molecule has 0 aliphatic carbocycles. The lowest BCUT2D eigenvalue weighted by molar-refractivity contribution is -0.164. The molecule has 2 aromatic carbocycles. The molecule has 1 aliphatic rings. The van der Waals surface area contributed by atoms with Gasteiger partial charge in [0.25, 0.3) is 0 Å². The van der Waals surface area contributed by atoms with E-state index in [0.717, 1.165) is 16.3 Å². The van der Waals surface area contributed by atoms with Gasteiger partial charge in [-0.05, 0) is 77.1 Å². The number of nitrogens with zero attached hydrogens (tertiary/aromatic N) is 1. The number of amides is 2. The molecule has 2 amide bonds. The van der Waals surface area contributed by atoms with Gasteiger partial charge >= 0.3 is 18.2 Å². The average molecular weight is 586 g/mol. The lowest BCUT2D eigenvalue weighted by atomic mass is 9.89. The van der Waals surface area contributed by atoms with Crippen LogP contribution in [-0.2, 0) is 34.9 Å². The van der Waals surface area contributed by atoms with Gasteiger partial charge in [0.05, 0.1) is 19.3 Å². The van der Waals surface area contributed by atoms with Crippen molar-refractivity contribution in [2.24, 2.45) is 11.8 Å². The highest BCUT2D eigenvalue weighted by Gasteiger charge is 2.44. The number of fused-ring (bicyclic) bond motifs is 1. The van der Waals surface area contributed by atoms with Crippen LogP contribution in [0, 0.1) is 11.8 Å². The monoisotopic (exact) mass is 585 g/mol. The van der Waals surface area contributed by atoms with Crippen molar-refractivity contribution in [3.63, 3.8) is 0 Å². The van der Waals surface area contributed by atoms with Crippen LogP contribution in [0.25, 0.3) is 10.8 Å². The van der Waals surface area contributed by atoms with E-state index in [0.29, 0.717) is 17.9 Å². The van der Waals surface area contributed by atoms with Gasteiger partial charge in [-0.2, -0.15) is 4.90 Å². The highest BCUT2D eigenvalue weighted by Crippen LogP contribution is 2.28. The molecule has 3 rings (SSSR count). The van der Waals surface area contributed by atoms with Crippen LogP contribution in [0.1, 0.15) is 67.9 Å². The number of esters is 1. The summed E-state index contributed by atoms with van der Waals surface area (Å²) in [4.78, 5) is 40.9. The Bertz CT molecular complexity index is 1200. The van der Waals surface area contributed by atoms with E-state index >= 15 is 0 Å². The molecule has 9 nitrogen and oxygen atoms in total. The number of carbonyl (C=O) groups is 3. The fourth-order valence-corrected chi connectivity index (χ4v) is 4.84. The molecule has 0 saturated carbocycles. The quantitative estimate of drug-likeness (QED) is 0.278. The second-order valence-electron chi connectivity index (χ2n) is 13.3. The summed E-state index contributed by atoms with van der Waals surface area (Å²) in [6, 6.07) is 12.9. The molecule has 0 unspecified atom stereocenters. The first-order chi connectivity index (χ1) is 19.6. The Labute approximate surface area is 249 Å². The molecule has 0 bridgehead atoms. The Hall–Kier alpha value is -3.17. The van der Waals surface area contributed by atoms with Crippen molar-refractivity contribution in [3.05, 3.63) is 48.0 Å². The van der Waals surface area contributed by atoms with Crippen LogP contribution in [0.4, 0.5) is 9.59 Å². The third-order valence-corrected chi connectivity index (χ3v) is 6.59. The van der Waals surface area contributed by atoms with Crippen LogP contribution in [0.3, 0.4) is 0 Å². The third-order valence-electron chi connectivity index (χ3n) is 6.59. The van der Waals surface area contributed by atoms with Crippen molar-refractivity contribution in [2.45, 2.75) is 98.2 Å². The standard InChI is InChI=1S/C33H47NO8/c1-21(2)18-39-28-22(3)40-29(35)27(34(30(36)41-32(4,5)6)31(37)42-33(7,8)9)20-38-19-25(28)17-24-15-12-14-23-13-10-11-16-26(23)24/h10-16,21-22,25,27-28H,17-20H2,1-9H3/t22-,25-,27-,28-/m0/s1. The van der Waals surface area contributed by atoms with Crippen LogP contribution < -0.4 is 0 Å². The van der Waals surface area contributed by atoms with Crippen molar-refractivity contribution in [3.8, 4) is 0 Å². The maximum atomic E-state index is 13.6. The molecule has 1 fully saturated rings. The topological polar surface area (TPSA) is 101 Å². The fourth-order valence-electron chi connectivity index (χ4n) is 4.84. The summed E-state index contributed by atoms with van der Waals surface area (Å²) >= 11 is 0. The summed E-state index contributed by atoms with van der Waals surface area (Å²) in [5.74, 6) is -0.738. The average Bonchev–Trinajstić information content (AvgIpc) is 2.90. The maximum absolute atomic E-state index is 13.6. The van der Waals surface area contributed by atoms with Crippen molar-refractivity contribution in [1.82, 2.24) is 4.90 Å². The van der Waals surface area contributed by atoms with E-state index < -0.39 is 47.6 Å². The fraction of sp³-hybridized carbons (Fsp3) is 0.606. The van der Waals surface area contributed by atoms with E-state index in [1.165, 1.54) is 0 Å². The van der Waals surface area contributed by atoms with Crippen LogP contribution >= 0.6 is 0 Å². The summed E-state index contributed by atoms with van der Waals surface area (Å²) in [7, 11) is 0. The zero-order valence-electron chi connectivity index (χ0n) is 26.5. The molecule has 0 N–H and O–H groups in total. The lowest BCUT2D eigenvalue weighted by Crippen LogP contribution is -2.54. The molecule has 4 atom stereocenters. The van der Waals surface area contributed by atoms with E-state index in [4.69, 9.17) is 23.7 Å². The maximum Gasteiger partial charge on any atom is 0.420 e. The first-order valence-electron chi connectivity index (χ1n) is 14.7. The third kappa shape index (κ3) is 9.42. The SMILES string of the molecule is CC(C)CO[C@@H]1[C@@H](Cc2cccc3ccccc23)COC[C@H](N(C(=O)OC(C)(C)C)C(=O)OC(C)(C)C)C(=O)O[C@H]1C. The number of rotatable bonds is 6. The molecular formula is C33H47NO8. The molecule has 42 heavy (non-hydrogen) atoms.